The van der Waals surface area contributed by atoms with Crippen LogP contribution in [0.4, 0.5) is 5.69 Å². The van der Waals surface area contributed by atoms with Crippen molar-refractivity contribution in [3.63, 3.8) is 0 Å². The lowest BCUT2D eigenvalue weighted by Gasteiger charge is -2.09. The van der Waals surface area contributed by atoms with E-state index in [0.29, 0.717) is 27.7 Å². The molecule has 22 heavy (non-hydrogen) atoms. The second kappa shape index (κ2) is 5.20. The van der Waals surface area contributed by atoms with Crippen molar-refractivity contribution in [3.8, 4) is 16.9 Å². The summed E-state index contributed by atoms with van der Waals surface area (Å²) in [6.45, 7) is 1.59. The summed E-state index contributed by atoms with van der Waals surface area (Å²) in [4.78, 5) is 12.8. The molecule has 1 aromatic heterocycles. The molecule has 3 rings (SSSR count). The molecule has 0 aliphatic rings. The van der Waals surface area contributed by atoms with Crippen LogP contribution >= 0.6 is 0 Å². The summed E-state index contributed by atoms with van der Waals surface area (Å²) < 4.78 is 5.53. The quantitative estimate of drug-likeness (QED) is 0.499. The average molecular weight is 297 g/mol. The van der Waals surface area contributed by atoms with Gasteiger partial charge in [-0.3, -0.25) is 4.79 Å². The highest BCUT2D eigenvalue weighted by atomic mass is 16.3. The summed E-state index contributed by atoms with van der Waals surface area (Å²) in [5.41, 5.74) is 8.32. The van der Waals surface area contributed by atoms with Crippen LogP contribution in [0.1, 0.15) is 11.1 Å². The second-order valence-corrected chi connectivity index (χ2v) is 5.14. The minimum Gasteiger partial charge on any atom is -0.506 e. The Balaban J connectivity index is 2.34. The van der Waals surface area contributed by atoms with Crippen LogP contribution < -0.4 is 11.2 Å². The van der Waals surface area contributed by atoms with Crippen molar-refractivity contribution in [2.24, 2.45) is 0 Å². The molecule has 0 radical (unpaired) electrons. The molecule has 0 unspecified atom stereocenters. The Morgan fingerprint density at radius 1 is 1.23 bits per heavy atom. The standard InChI is InChI=1S/C17H15NO4/c1-9-2-5-15-16(11(9)7-19)17(21)12(8-22-15)10-3-4-14(20)13(18)6-10/h2-6,8,19-20H,7,18H2,1H3. The van der Waals surface area contributed by atoms with E-state index in [1.807, 2.05) is 6.92 Å². The minimum atomic E-state index is -0.241. The zero-order chi connectivity index (χ0) is 15.9. The van der Waals surface area contributed by atoms with Crippen LogP contribution in [-0.4, -0.2) is 10.2 Å². The van der Waals surface area contributed by atoms with Crippen molar-refractivity contribution in [2.75, 3.05) is 5.73 Å². The molecule has 0 amide bonds. The number of anilines is 1. The van der Waals surface area contributed by atoms with Gasteiger partial charge in [0.25, 0.3) is 0 Å². The molecule has 0 aliphatic heterocycles. The Kier molecular flexibility index (Phi) is 3.35. The van der Waals surface area contributed by atoms with Crippen LogP contribution in [0.25, 0.3) is 22.1 Å². The lowest BCUT2D eigenvalue weighted by Crippen LogP contribution is -2.08. The molecule has 0 fully saturated rings. The number of aryl methyl sites for hydroxylation is 1. The van der Waals surface area contributed by atoms with E-state index in [1.54, 1.807) is 18.2 Å². The van der Waals surface area contributed by atoms with Gasteiger partial charge in [-0.05, 0) is 41.8 Å². The SMILES string of the molecule is Cc1ccc2occ(-c3ccc(O)c(N)c3)c(=O)c2c1CO. The predicted molar refractivity (Wildman–Crippen MR) is 84.7 cm³/mol. The van der Waals surface area contributed by atoms with E-state index in [4.69, 9.17) is 10.2 Å². The normalized spacial score (nSPS) is 11.0. The van der Waals surface area contributed by atoms with Crippen LogP contribution in [-0.2, 0) is 6.61 Å². The van der Waals surface area contributed by atoms with E-state index >= 15 is 0 Å². The van der Waals surface area contributed by atoms with Crippen LogP contribution in [0.2, 0.25) is 0 Å². The van der Waals surface area contributed by atoms with E-state index in [-0.39, 0.29) is 23.5 Å². The summed E-state index contributed by atoms with van der Waals surface area (Å²) >= 11 is 0. The number of nitrogens with two attached hydrogens (primary N) is 1. The fourth-order valence-electron chi connectivity index (χ4n) is 2.51. The Morgan fingerprint density at radius 2 is 2.00 bits per heavy atom. The first-order valence-corrected chi connectivity index (χ1v) is 6.76. The summed E-state index contributed by atoms with van der Waals surface area (Å²) in [6.07, 6.45) is 1.37. The summed E-state index contributed by atoms with van der Waals surface area (Å²) in [6, 6.07) is 8.05. The molecule has 5 nitrogen and oxygen atoms in total. The van der Waals surface area contributed by atoms with Gasteiger partial charge in [0.1, 0.15) is 17.6 Å². The van der Waals surface area contributed by atoms with E-state index in [1.165, 1.54) is 18.4 Å². The number of phenolic OH excluding ortho intramolecular Hbond substituents is 1. The number of fused-ring (bicyclic) bond motifs is 1. The van der Waals surface area contributed by atoms with Gasteiger partial charge in [-0.2, -0.15) is 0 Å². The molecule has 0 saturated heterocycles. The zero-order valence-electron chi connectivity index (χ0n) is 12.0. The van der Waals surface area contributed by atoms with Crippen molar-refractivity contribution < 1.29 is 14.6 Å². The number of aromatic hydroxyl groups is 1. The number of nitrogen functional groups attached to an aromatic ring is 1. The van der Waals surface area contributed by atoms with Crippen LogP contribution in [0.3, 0.4) is 0 Å². The van der Waals surface area contributed by atoms with Gasteiger partial charge in [0, 0.05) is 0 Å². The van der Waals surface area contributed by atoms with E-state index in [2.05, 4.69) is 0 Å². The lowest BCUT2D eigenvalue weighted by atomic mass is 9.99. The molecule has 0 saturated carbocycles. The molecular weight excluding hydrogens is 282 g/mol. The average Bonchev–Trinajstić information content (AvgIpc) is 2.51. The zero-order valence-corrected chi connectivity index (χ0v) is 12.0. The Morgan fingerprint density at radius 3 is 2.68 bits per heavy atom. The molecule has 0 aliphatic carbocycles. The molecule has 0 spiro atoms. The van der Waals surface area contributed by atoms with Crippen LogP contribution in [0, 0.1) is 6.92 Å². The van der Waals surface area contributed by atoms with Crippen molar-refractivity contribution >= 4 is 16.7 Å². The maximum Gasteiger partial charge on any atom is 0.200 e. The van der Waals surface area contributed by atoms with Crippen molar-refractivity contribution in [1.29, 1.82) is 0 Å². The first-order valence-electron chi connectivity index (χ1n) is 6.76. The van der Waals surface area contributed by atoms with Gasteiger partial charge in [-0.25, -0.2) is 0 Å². The third-order valence-electron chi connectivity index (χ3n) is 3.78. The van der Waals surface area contributed by atoms with E-state index in [9.17, 15) is 15.0 Å². The van der Waals surface area contributed by atoms with Gasteiger partial charge in [0.2, 0.25) is 5.43 Å². The van der Waals surface area contributed by atoms with Gasteiger partial charge < -0.3 is 20.4 Å². The topological polar surface area (TPSA) is 96.7 Å². The summed E-state index contributed by atoms with van der Waals surface area (Å²) in [7, 11) is 0. The van der Waals surface area contributed by atoms with E-state index in [0.717, 1.165) is 5.56 Å². The molecule has 2 aromatic carbocycles. The van der Waals surface area contributed by atoms with Crippen LogP contribution in [0.5, 0.6) is 5.75 Å². The number of hydrogen-bond acceptors (Lipinski definition) is 5. The monoisotopic (exact) mass is 297 g/mol. The van der Waals surface area contributed by atoms with Crippen molar-refractivity contribution in [3.05, 3.63) is 57.9 Å². The maximum atomic E-state index is 12.8. The molecule has 3 aromatic rings. The number of hydrogen-bond donors (Lipinski definition) is 3. The Labute approximate surface area is 126 Å². The van der Waals surface area contributed by atoms with Gasteiger partial charge >= 0.3 is 0 Å². The van der Waals surface area contributed by atoms with Gasteiger partial charge in [-0.1, -0.05) is 12.1 Å². The third-order valence-corrected chi connectivity index (χ3v) is 3.78. The van der Waals surface area contributed by atoms with Gasteiger partial charge in [0.05, 0.1) is 23.2 Å². The Hall–Kier alpha value is -2.79. The molecule has 4 N–H and O–H groups in total. The summed E-state index contributed by atoms with van der Waals surface area (Å²) in [5, 5.41) is 19.4. The maximum absolute atomic E-state index is 12.8. The van der Waals surface area contributed by atoms with Gasteiger partial charge in [0.15, 0.2) is 0 Å². The molecule has 5 heteroatoms. The lowest BCUT2D eigenvalue weighted by molar-refractivity contribution is 0.282. The number of phenols is 1. The highest BCUT2D eigenvalue weighted by Crippen LogP contribution is 2.28. The number of aliphatic hydroxyl groups excluding tert-OH is 1. The van der Waals surface area contributed by atoms with Gasteiger partial charge in [-0.15, -0.1) is 0 Å². The number of aliphatic hydroxyl groups is 1. The first-order chi connectivity index (χ1) is 10.5. The molecular formula is C17H15NO4. The molecule has 0 atom stereocenters. The minimum absolute atomic E-state index is 0.0409. The fourth-order valence-corrected chi connectivity index (χ4v) is 2.51. The van der Waals surface area contributed by atoms with Crippen LogP contribution in [0.15, 0.2) is 45.8 Å². The molecule has 1 heterocycles. The fraction of sp³-hybridized carbons (Fsp3) is 0.118. The highest BCUT2D eigenvalue weighted by molar-refractivity contribution is 5.86. The highest BCUT2D eigenvalue weighted by Gasteiger charge is 2.14. The molecule has 112 valence electrons. The number of benzene rings is 2. The largest absolute Gasteiger partial charge is 0.506 e. The van der Waals surface area contributed by atoms with Crippen molar-refractivity contribution in [1.82, 2.24) is 0 Å². The van der Waals surface area contributed by atoms with Crippen molar-refractivity contribution in [2.45, 2.75) is 13.5 Å². The smallest absolute Gasteiger partial charge is 0.200 e. The summed E-state index contributed by atoms with van der Waals surface area (Å²) in [5.74, 6) is -0.0409. The predicted octanol–water partition coefficient (Wildman–Crippen LogP) is 2.55. The number of rotatable bonds is 2. The van der Waals surface area contributed by atoms with E-state index < -0.39 is 0 Å². The second-order valence-electron chi connectivity index (χ2n) is 5.14. The Bertz CT molecular complexity index is 928. The molecule has 0 bridgehead atoms. The first kappa shape index (κ1) is 14.2. The third kappa shape index (κ3) is 2.12.